The molecular weight excluding hydrogens is 356 g/mol. The lowest BCUT2D eigenvalue weighted by Gasteiger charge is -2.27. The van der Waals surface area contributed by atoms with Crippen molar-refractivity contribution >= 4 is 50.5 Å². The lowest BCUT2D eigenvalue weighted by Crippen LogP contribution is -2.38. The van der Waals surface area contributed by atoms with Crippen LogP contribution in [0.3, 0.4) is 0 Å². The number of fused-ring (bicyclic) bond motifs is 3. The second-order valence-electron chi connectivity index (χ2n) is 6.64. The minimum atomic E-state index is -0.154. The number of carbonyl (C=O) groups is 1. The minimum absolute atomic E-state index is 0.154. The SMILES string of the molecule is O=C1N=C(N2CCOCC2)SC1=Cc1cc2ccccc2c2ccccc12. The predicted molar refractivity (Wildman–Crippen MR) is 112 cm³/mol. The number of ether oxygens (including phenoxy) is 1. The quantitative estimate of drug-likeness (QED) is 0.471. The van der Waals surface area contributed by atoms with Crippen LogP contribution in [0.15, 0.2) is 64.5 Å². The number of amidine groups is 1. The van der Waals surface area contributed by atoms with Gasteiger partial charge in [0.15, 0.2) is 5.17 Å². The van der Waals surface area contributed by atoms with E-state index in [9.17, 15) is 4.79 Å². The van der Waals surface area contributed by atoms with Crippen molar-refractivity contribution < 1.29 is 9.53 Å². The minimum Gasteiger partial charge on any atom is -0.378 e. The van der Waals surface area contributed by atoms with E-state index in [0.717, 1.165) is 29.2 Å². The van der Waals surface area contributed by atoms with Gasteiger partial charge in [0, 0.05) is 13.1 Å². The summed E-state index contributed by atoms with van der Waals surface area (Å²) in [5.74, 6) is -0.154. The first-order chi connectivity index (χ1) is 13.3. The average molecular weight is 374 g/mol. The molecule has 2 aliphatic heterocycles. The Morgan fingerprint density at radius 2 is 1.67 bits per heavy atom. The standard InChI is InChI=1S/C22H18N2O2S/c25-21-20(27-22(23-21)24-9-11-26-12-10-24)14-16-13-15-5-1-2-6-17(15)19-8-4-3-7-18(16)19/h1-8,13-14H,9-12H2. The molecule has 1 fully saturated rings. The van der Waals surface area contributed by atoms with Crippen LogP contribution in [0, 0.1) is 0 Å². The van der Waals surface area contributed by atoms with Crippen molar-refractivity contribution in [3.63, 3.8) is 0 Å². The van der Waals surface area contributed by atoms with E-state index in [2.05, 4.69) is 52.4 Å². The average Bonchev–Trinajstić information content (AvgIpc) is 3.09. The van der Waals surface area contributed by atoms with E-state index in [1.54, 1.807) is 0 Å². The first kappa shape index (κ1) is 16.5. The van der Waals surface area contributed by atoms with E-state index in [1.165, 1.54) is 27.9 Å². The van der Waals surface area contributed by atoms with E-state index < -0.39 is 0 Å². The van der Waals surface area contributed by atoms with Crippen LogP contribution in [0.4, 0.5) is 0 Å². The van der Waals surface area contributed by atoms with Crippen molar-refractivity contribution in [2.45, 2.75) is 0 Å². The molecule has 0 aromatic heterocycles. The van der Waals surface area contributed by atoms with E-state index >= 15 is 0 Å². The van der Waals surface area contributed by atoms with Gasteiger partial charge in [-0.3, -0.25) is 4.79 Å². The number of amides is 1. The second-order valence-corrected chi connectivity index (χ2v) is 7.65. The van der Waals surface area contributed by atoms with E-state index in [-0.39, 0.29) is 5.91 Å². The Kier molecular flexibility index (Phi) is 4.19. The summed E-state index contributed by atoms with van der Waals surface area (Å²) in [4.78, 5) is 19.6. The molecule has 0 spiro atoms. The summed E-state index contributed by atoms with van der Waals surface area (Å²) in [5, 5.41) is 5.54. The molecule has 0 bridgehead atoms. The molecule has 3 aromatic carbocycles. The van der Waals surface area contributed by atoms with E-state index in [1.807, 2.05) is 18.2 Å². The highest BCUT2D eigenvalue weighted by Gasteiger charge is 2.27. The molecule has 0 atom stereocenters. The third kappa shape index (κ3) is 3.03. The molecule has 2 aliphatic rings. The topological polar surface area (TPSA) is 41.9 Å². The first-order valence-corrected chi connectivity index (χ1v) is 9.87. The van der Waals surface area contributed by atoms with Gasteiger partial charge >= 0.3 is 0 Å². The Morgan fingerprint density at radius 1 is 0.963 bits per heavy atom. The Hall–Kier alpha value is -2.63. The van der Waals surface area contributed by atoms with Crippen LogP contribution in [0.25, 0.3) is 27.6 Å². The van der Waals surface area contributed by atoms with E-state index in [0.29, 0.717) is 18.1 Å². The number of thioether (sulfide) groups is 1. The number of rotatable bonds is 1. The Bertz CT molecular complexity index is 1110. The zero-order chi connectivity index (χ0) is 18.2. The summed E-state index contributed by atoms with van der Waals surface area (Å²) in [7, 11) is 0. The molecule has 5 heteroatoms. The van der Waals surface area contributed by atoms with Gasteiger partial charge in [-0.05, 0) is 51.0 Å². The van der Waals surface area contributed by atoms with Crippen molar-refractivity contribution in [3.8, 4) is 0 Å². The molecular formula is C22H18N2O2S. The molecule has 0 aliphatic carbocycles. The highest BCUT2D eigenvalue weighted by Crippen LogP contribution is 2.34. The number of morpholine rings is 1. The Balaban J connectivity index is 1.57. The monoisotopic (exact) mass is 374 g/mol. The molecule has 27 heavy (non-hydrogen) atoms. The van der Waals surface area contributed by atoms with Crippen LogP contribution < -0.4 is 0 Å². The van der Waals surface area contributed by atoms with Crippen molar-refractivity contribution in [2.75, 3.05) is 26.3 Å². The van der Waals surface area contributed by atoms with Crippen LogP contribution in [0.2, 0.25) is 0 Å². The molecule has 5 rings (SSSR count). The highest BCUT2D eigenvalue weighted by atomic mass is 32.2. The molecule has 134 valence electrons. The zero-order valence-electron chi connectivity index (χ0n) is 14.7. The molecule has 0 N–H and O–H groups in total. The predicted octanol–water partition coefficient (Wildman–Crippen LogP) is 4.30. The van der Waals surface area contributed by atoms with Gasteiger partial charge in [-0.25, -0.2) is 0 Å². The van der Waals surface area contributed by atoms with Gasteiger partial charge in [0.2, 0.25) is 0 Å². The normalized spacial score (nSPS) is 19.3. The highest BCUT2D eigenvalue weighted by molar-refractivity contribution is 8.18. The van der Waals surface area contributed by atoms with Crippen molar-refractivity contribution in [1.29, 1.82) is 0 Å². The lowest BCUT2D eigenvalue weighted by atomic mass is 9.97. The maximum atomic E-state index is 12.5. The molecule has 3 aromatic rings. The number of hydrogen-bond donors (Lipinski definition) is 0. The maximum Gasteiger partial charge on any atom is 0.286 e. The van der Waals surface area contributed by atoms with E-state index in [4.69, 9.17) is 4.74 Å². The number of benzene rings is 3. The molecule has 0 radical (unpaired) electrons. The van der Waals surface area contributed by atoms with Gasteiger partial charge in [-0.2, -0.15) is 4.99 Å². The summed E-state index contributed by atoms with van der Waals surface area (Å²) in [5.41, 5.74) is 1.05. The van der Waals surface area contributed by atoms with Gasteiger partial charge in [0.25, 0.3) is 5.91 Å². The van der Waals surface area contributed by atoms with Gasteiger partial charge < -0.3 is 9.64 Å². The van der Waals surface area contributed by atoms with Gasteiger partial charge in [0.1, 0.15) is 0 Å². The third-order valence-electron chi connectivity index (χ3n) is 4.98. The van der Waals surface area contributed by atoms with Gasteiger partial charge in [0.05, 0.1) is 18.1 Å². The molecule has 0 unspecified atom stereocenters. The van der Waals surface area contributed by atoms with Crippen LogP contribution >= 0.6 is 11.8 Å². The fourth-order valence-electron chi connectivity index (χ4n) is 3.63. The smallest absolute Gasteiger partial charge is 0.286 e. The Morgan fingerprint density at radius 3 is 2.48 bits per heavy atom. The van der Waals surface area contributed by atoms with Gasteiger partial charge in [-0.1, -0.05) is 48.5 Å². The summed E-state index contributed by atoms with van der Waals surface area (Å²) in [6.07, 6.45) is 1.98. The van der Waals surface area contributed by atoms with Crippen LogP contribution in [-0.2, 0) is 9.53 Å². The molecule has 4 nitrogen and oxygen atoms in total. The molecule has 1 amide bonds. The molecule has 2 heterocycles. The van der Waals surface area contributed by atoms with Crippen molar-refractivity contribution in [1.82, 2.24) is 4.90 Å². The second kappa shape index (κ2) is 6.83. The number of aliphatic imine (C=N–C) groups is 1. The summed E-state index contributed by atoms with van der Waals surface area (Å²) < 4.78 is 5.39. The van der Waals surface area contributed by atoms with Crippen LogP contribution in [0.1, 0.15) is 5.56 Å². The lowest BCUT2D eigenvalue weighted by molar-refractivity contribution is -0.113. The fraction of sp³-hybridized carbons (Fsp3) is 0.182. The Labute approximate surface area is 161 Å². The zero-order valence-corrected chi connectivity index (χ0v) is 15.5. The largest absolute Gasteiger partial charge is 0.378 e. The number of hydrogen-bond acceptors (Lipinski definition) is 4. The van der Waals surface area contributed by atoms with Crippen molar-refractivity contribution in [2.24, 2.45) is 4.99 Å². The summed E-state index contributed by atoms with van der Waals surface area (Å²) in [6.45, 7) is 2.93. The number of nitrogens with zero attached hydrogens (tertiary/aromatic N) is 2. The fourth-order valence-corrected chi connectivity index (χ4v) is 4.59. The van der Waals surface area contributed by atoms with Crippen LogP contribution in [0.5, 0.6) is 0 Å². The van der Waals surface area contributed by atoms with Crippen molar-refractivity contribution in [3.05, 3.63) is 65.1 Å². The van der Waals surface area contributed by atoms with Gasteiger partial charge in [-0.15, -0.1) is 0 Å². The van der Waals surface area contributed by atoms with Crippen LogP contribution in [-0.4, -0.2) is 42.3 Å². The maximum absolute atomic E-state index is 12.5. The summed E-state index contributed by atoms with van der Waals surface area (Å²) in [6, 6.07) is 18.9. The number of carbonyl (C=O) groups excluding carboxylic acids is 1. The molecule has 0 saturated carbocycles. The first-order valence-electron chi connectivity index (χ1n) is 9.05. The summed E-state index contributed by atoms with van der Waals surface area (Å²) >= 11 is 1.47. The molecule has 1 saturated heterocycles. The third-order valence-corrected chi connectivity index (χ3v) is 6.02.